The fourth-order valence-corrected chi connectivity index (χ4v) is 1.69. The molecule has 1 unspecified atom stereocenters. The van der Waals surface area contributed by atoms with Crippen LogP contribution in [0.5, 0.6) is 0 Å². The molecule has 0 heterocycles. The zero-order chi connectivity index (χ0) is 11.3. The van der Waals surface area contributed by atoms with Gasteiger partial charge in [-0.2, -0.15) is 8.42 Å². The van der Waals surface area contributed by atoms with Gasteiger partial charge in [0.25, 0.3) is 10.1 Å². The van der Waals surface area contributed by atoms with Crippen LogP contribution < -0.4 is 0 Å². The topological polar surface area (TPSA) is 52.6 Å². The summed E-state index contributed by atoms with van der Waals surface area (Å²) in [6, 6.07) is 9.42. The molecule has 0 bridgehead atoms. The van der Waals surface area contributed by atoms with Crippen LogP contribution in [0.25, 0.3) is 0 Å². The lowest BCUT2D eigenvalue weighted by atomic mass is 10.1. The molecule has 84 valence electrons. The molecule has 0 aliphatic rings. The molecule has 1 aromatic carbocycles. The quantitative estimate of drug-likeness (QED) is 0.563. The molecule has 15 heavy (non-hydrogen) atoms. The van der Waals surface area contributed by atoms with E-state index in [1.165, 1.54) is 7.11 Å². The Morgan fingerprint density at radius 1 is 1.27 bits per heavy atom. The Balaban J connectivity index is 2.63. The van der Waals surface area contributed by atoms with Crippen LogP contribution >= 0.6 is 0 Å². The Labute approximate surface area is 90.0 Å². The molecule has 0 aliphatic heterocycles. The van der Waals surface area contributed by atoms with Crippen molar-refractivity contribution < 1.29 is 17.3 Å². The van der Waals surface area contributed by atoms with Gasteiger partial charge in [0.15, 0.2) is 6.29 Å². The molecule has 0 radical (unpaired) electrons. The van der Waals surface area contributed by atoms with Crippen LogP contribution in [0.1, 0.15) is 5.56 Å². The Kier molecular flexibility index (Phi) is 4.26. The monoisotopic (exact) mass is 230 g/mol. The number of hydrogen-bond donors (Lipinski definition) is 0. The summed E-state index contributed by atoms with van der Waals surface area (Å²) in [4.78, 5) is 0. The van der Waals surface area contributed by atoms with Crippen molar-refractivity contribution in [3.05, 3.63) is 35.9 Å². The largest absolute Gasteiger partial charge is 0.354 e. The SMILES string of the molecule is COC(Cc1ccccc1)OS(C)(=O)=O. The molecular weight excluding hydrogens is 216 g/mol. The van der Waals surface area contributed by atoms with Crippen molar-refractivity contribution in [1.82, 2.24) is 0 Å². The van der Waals surface area contributed by atoms with Crippen molar-refractivity contribution in [1.29, 1.82) is 0 Å². The first-order valence-corrected chi connectivity index (χ1v) is 6.28. The zero-order valence-electron chi connectivity index (χ0n) is 8.71. The molecular formula is C10H14O4S. The van der Waals surface area contributed by atoms with Gasteiger partial charge in [0.2, 0.25) is 0 Å². The second kappa shape index (κ2) is 5.25. The van der Waals surface area contributed by atoms with Gasteiger partial charge in [-0.05, 0) is 5.56 Å². The molecule has 4 nitrogen and oxygen atoms in total. The summed E-state index contributed by atoms with van der Waals surface area (Å²) in [6.45, 7) is 0. The summed E-state index contributed by atoms with van der Waals surface area (Å²) in [6.07, 6.45) is 0.649. The molecule has 0 fully saturated rings. The Morgan fingerprint density at radius 2 is 1.87 bits per heavy atom. The van der Waals surface area contributed by atoms with E-state index in [-0.39, 0.29) is 0 Å². The van der Waals surface area contributed by atoms with Crippen molar-refractivity contribution in [2.45, 2.75) is 12.7 Å². The highest BCUT2D eigenvalue weighted by Gasteiger charge is 2.14. The van der Waals surface area contributed by atoms with E-state index in [0.717, 1.165) is 11.8 Å². The van der Waals surface area contributed by atoms with E-state index in [1.807, 2.05) is 30.3 Å². The van der Waals surface area contributed by atoms with E-state index in [9.17, 15) is 8.42 Å². The van der Waals surface area contributed by atoms with Gasteiger partial charge in [0.1, 0.15) is 0 Å². The number of ether oxygens (including phenoxy) is 1. The molecule has 0 saturated heterocycles. The molecule has 1 aromatic rings. The summed E-state index contributed by atoms with van der Waals surface area (Å²) in [5.41, 5.74) is 0.966. The zero-order valence-corrected chi connectivity index (χ0v) is 9.53. The maximum atomic E-state index is 10.9. The highest BCUT2D eigenvalue weighted by atomic mass is 32.2. The van der Waals surface area contributed by atoms with E-state index >= 15 is 0 Å². The maximum Gasteiger partial charge on any atom is 0.266 e. The summed E-state index contributed by atoms with van der Waals surface area (Å²) < 4.78 is 31.4. The third-order valence-electron chi connectivity index (χ3n) is 1.79. The van der Waals surface area contributed by atoms with E-state index in [1.54, 1.807) is 0 Å². The van der Waals surface area contributed by atoms with Gasteiger partial charge in [-0.25, -0.2) is 4.18 Å². The molecule has 0 saturated carbocycles. The van der Waals surface area contributed by atoms with Gasteiger partial charge in [-0.15, -0.1) is 0 Å². The number of rotatable bonds is 5. The van der Waals surface area contributed by atoms with Crippen molar-refractivity contribution in [2.75, 3.05) is 13.4 Å². The predicted octanol–water partition coefficient (Wildman–Crippen LogP) is 1.18. The van der Waals surface area contributed by atoms with Crippen LogP contribution in [0.4, 0.5) is 0 Å². The van der Waals surface area contributed by atoms with Crippen LogP contribution in [-0.4, -0.2) is 28.1 Å². The van der Waals surface area contributed by atoms with Gasteiger partial charge in [0.05, 0.1) is 6.26 Å². The lowest BCUT2D eigenvalue weighted by Gasteiger charge is -2.14. The molecule has 0 N–H and O–H groups in total. The van der Waals surface area contributed by atoms with Gasteiger partial charge in [-0.3, -0.25) is 0 Å². The van der Waals surface area contributed by atoms with E-state index in [4.69, 9.17) is 8.92 Å². The average Bonchev–Trinajstić information content (AvgIpc) is 2.16. The predicted molar refractivity (Wildman–Crippen MR) is 56.9 cm³/mol. The fourth-order valence-electron chi connectivity index (χ4n) is 1.16. The van der Waals surface area contributed by atoms with Crippen molar-refractivity contribution in [3.63, 3.8) is 0 Å². The molecule has 1 rings (SSSR count). The van der Waals surface area contributed by atoms with Gasteiger partial charge in [-0.1, -0.05) is 30.3 Å². The van der Waals surface area contributed by atoms with Crippen molar-refractivity contribution in [2.24, 2.45) is 0 Å². The van der Waals surface area contributed by atoms with Gasteiger partial charge >= 0.3 is 0 Å². The highest BCUT2D eigenvalue weighted by Crippen LogP contribution is 2.08. The summed E-state index contributed by atoms with van der Waals surface area (Å²) in [7, 11) is -2.07. The third kappa shape index (κ3) is 4.92. The fraction of sp³-hybridized carbons (Fsp3) is 0.400. The molecule has 1 atom stereocenters. The molecule has 0 spiro atoms. The summed E-state index contributed by atoms with van der Waals surface area (Å²) in [5, 5.41) is 0. The molecule has 5 heteroatoms. The minimum absolute atomic E-state index is 0.407. The van der Waals surface area contributed by atoms with E-state index in [0.29, 0.717) is 6.42 Å². The molecule has 0 amide bonds. The van der Waals surface area contributed by atoms with Crippen LogP contribution in [0, 0.1) is 0 Å². The smallest absolute Gasteiger partial charge is 0.266 e. The molecule has 0 aromatic heterocycles. The van der Waals surface area contributed by atoms with Crippen LogP contribution in [0.3, 0.4) is 0 Å². The van der Waals surface area contributed by atoms with Crippen LogP contribution in [0.2, 0.25) is 0 Å². The second-order valence-corrected chi connectivity index (χ2v) is 4.76. The number of methoxy groups -OCH3 is 1. The number of hydrogen-bond acceptors (Lipinski definition) is 4. The van der Waals surface area contributed by atoms with E-state index in [2.05, 4.69) is 0 Å². The Bertz CT molecular complexity index is 385. The lowest BCUT2D eigenvalue weighted by Crippen LogP contribution is -2.21. The second-order valence-electron chi connectivity index (χ2n) is 3.16. The summed E-state index contributed by atoms with van der Waals surface area (Å²) in [5.74, 6) is 0. The lowest BCUT2D eigenvalue weighted by molar-refractivity contribution is -0.0469. The third-order valence-corrected chi connectivity index (χ3v) is 2.35. The number of benzene rings is 1. The van der Waals surface area contributed by atoms with Gasteiger partial charge < -0.3 is 4.74 Å². The minimum atomic E-state index is -3.48. The van der Waals surface area contributed by atoms with E-state index < -0.39 is 16.4 Å². The minimum Gasteiger partial charge on any atom is -0.354 e. The van der Waals surface area contributed by atoms with Crippen LogP contribution in [-0.2, 0) is 25.5 Å². The normalized spacial score (nSPS) is 13.7. The first kappa shape index (κ1) is 12.2. The standard InChI is InChI=1S/C10H14O4S/c1-13-10(14-15(2,11)12)8-9-6-4-3-5-7-9/h3-7,10H,8H2,1-2H3. The Morgan fingerprint density at radius 3 is 2.33 bits per heavy atom. The molecule has 0 aliphatic carbocycles. The summed E-state index contributed by atoms with van der Waals surface area (Å²) >= 11 is 0. The maximum absolute atomic E-state index is 10.9. The highest BCUT2D eigenvalue weighted by molar-refractivity contribution is 7.86. The first-order chi connectivity index (χ1) is 7.01. The first-order valence-electron chi connectivity index (χ1n) is 4.46. The average molecular weight is 230 g/mol. The van der Waals surface area contributed by atoms with Crippen LogP contribution in [0.15, 0.2) is 30.3 Å². The van der Waals surface area contributed by atoms with Crippen molar-refractivity contribution in [3.8, 4) is 0 Å². The Hall–Kier alpha value is -0.910. The van der Waals surface area contributed by atoms with Gasteiger partial charge in [0, 0.05) is 13.5 Å². The van der Waals surface area contributed by atoms with Crippen molar-refractivity contribution >= 4 is 10.1 Å².